The van der Waals surface area contributed by atoms with Crippen molar-refractivity contribution in [3.63, 3.8) is 0 Å². The Bertz CT molecular complexity index is 489. The predicted octanol–water partition coefficient (Wildman–Crippen LogP) is 0.954. The Labute approximate surface area is 112 Å². The van der Waals surface area contributed by atoms with E-state index in [4.69, 9.17) is 0 Å². The topological polar surface area (TPSA) is 55.8 Å². The monoisotopic (exact) mass is 261 g/mol. The maximum Gasteiger partial charge on any atom is 0.317 e. The highest BCUT2D eigenvalue weighted by Crippen LogP contribution is 2.28. The smallest absolute Gasteiger partial charge is 0.317 e. The molecule has 102 valence electrons. The quantitative estimate of drug-likeness (QED) is 0.833. The van der Waals surface area contributed by atoms with Crippen LogP contribution < -0.4 is 10.2 Å². The van der Waals surface area contributed by atoms with Gasteiger partial charge in [0, 0.05) is 37.4 Å². The van der Waals surface area contributed by atoms with Crippen molar-refractivity contribution in [3.05, 3.63) is 29.8 Å². The largest absolute Gasteiger partial charge is 0.389 e. The zero-order valence-electron chi connectivity index (χ0n) is 11.0. The summed E-state index contributed by atoms with van der Waals surface area (Å²) >= 11 is 0. The average Bonchev–Trinajstić information content (AvgIpc) is 2.80. The Balaban J connectivity index is 1.83. The summed E-state index contributed by atoms with van der Waals surface area (Å²) in [7, 11) is 0. The van der Waals surface area contributed by atoms with Crippen LogP contribution >= 0.6 is 0 Å². The third-order valence-corrected chi connectivity index (χ3v) is 3.96. The molecule has 2 saturated heterocycles. The van der Waals surface area contributed by atoms with Crippen LogP contribution in [-0.2, 0) is 0 Å². The molecule has 0 bridgehead atoms. The van der Waals surface area contributed by atoms with Gasteiger partial charge in [-0.15, -0.1) is 0 Å². The zero-order valence-corrected chi connectivity index (χ0v) is 11.0. The van der Waals surface area contributed by atoms with Gasteiger partial charge in [-0.2, -0.15) is 0 Å². The average molecular weight is 261 g/mol. The molecule has 2 atom stereocenters. The van der Waals surface area contributed by atoms with Crippen molar-refractivity contribution >= 4 is 11.7 Å². The van der Waals surface area contributed by atoms with Gasteiger partial charge in [-0.1, -0.05) is 18.2 Å². The Morgan fingerprint density at radius 1 is 1.37 bits per heavy atom. The molecule has 1 aromatic rings. The van der Waals surface area contributed by atoms with Gasteiger partial charge >= 0.3 is 6.03 Å². The first-order valence-electron chi connectivity index (χ1n) is 6.73. The lowest BCUT2D eigenvalue weighted by molar-refractivity contribution is 0.193. The summed E-state index contributed by atoms with van der Waals surface area (Å²) in [5, 5.41) is 12.7. The van der Waals surface area contributed by atoms with Gasteiger partial charge in [-0.3, -0.25) is 0 Å². The molecule has 3 rings (SSSR count). The van der Waals surface area contributed by atoms with Crippen molar-refractivity contribution < 1.29 is 9.90 Å². The maximum atomic E-state index is 11.6. The van der Waals surface area contributed by atoms with Crippen molar-refractivity contribution in [1.82, 2.24) is 10.2 Å². The Morgan fingerprint density at radius 3 is 2.95 bits per heavy atom. The molecule has 2 N–H and O–H groups in total. The van der Waals surface area contributed by atoms with Crippen LogP contribution in [-0.4, -0.2) is 48.3 Å². The van der Waals surface area contributed by atoms with Gasteiger partial charge in [0.2, 0.25) is 0 Å². The van der Waals surface area contributed by atoms with E-state index in [9.17, 15) is 9.90 Å². The van der Waals surface area contributed by atoms with E-state index < -0.39 is 6.10 Å². The van der Waals surface area contributed by atoms with Crippen LogP contribution in [0.2, 0.25) is 0 Å². The number of piperazine rings is 1. The molecule has 0 aromatic heterocycles. The lowest BCUT2D eigenvalue weighted by Gasteiger charge is -2.38. The molecular weight excluding hydrogens is 242 g/mol. The minimum absolute atomic E-state index is 0.0495. The normalized spacial score (nSPS) is 24.1. The number of urea groups is 1. The molecule has 0 aliphatic carbocycles. The third-order valence-electron chi connectivity index (χ3n) is 3.96. The lowest BCUT2D eigenvalue weighted by atomic mass is 10.1. The highest BCUT2D eigenvalue weighted by molar-refractivity contribution is 5.77. The molecular formula is C14H19N3O2. The van der Waals surface area contributed by atoms with E-state index in [2.05, 4.69) is 10.2 Å². The molecule has 2 aliphatic heterocycles. The molecule has 0 saturated carbocycles. The van der Waals surface area contributed by atoms with Crippen molar-refractivity contribution in [2.24, 2.45) is 0 Å². The molecule has 5 heteroatoms. The van der Waals surface area contributed by atoms with Crippen LogP contribution in [0.5, 0.6) is 0 Å². The number of fused-ring (bicyclic) bond motifs is 1. The van der Waals surface area contributed by atoms with Gasteiger partial charge in [0.15, 0.2) is 0 Å². The number of anilines is 1. The van der Waals surface area contributed by atoms with Crippen LogP contribution in [0.15, 0.2) is 24.3 Å². The second-order valence-corrected chi connectivity index (χ2v) is 5.21. The fourth-order valence-electron chi connectivity index (χ4n) is 2.95. The number of carbonyl (C=O) groups excluding carboxylic acids is 1. The van der Waals surface area contributed by atoms with Crippen LogP contribution in [0.25, 0.3) is 0 Å². The number of para-hydroxylation sites is 1. The first kappa shape index (κ1) is 12.3. The summed E-state index contributed by atoms with van der Waals surface area (Å²) in [5.41, 5.74) is 2.03. The van der Waals surface area contributed by atoms with E-state index in [-0.39, 0.29) is 12.1 Å². The standard InChI is InChI=1S/C14H19N3O2/c1-10(18)12-4-2-3-5-13(12)16-6-7-17-11(9-16)8-15-14(17)19/h2-5,10-11,18H,6-9H2,1H3,(H,15,19). The number of carbonyl (C=O) groups is 1. The molecule has 0 spiro atoms. The molecule has 2 amide bonds. The van der Waals surface area contributed by atoms with E-state index in [1.54, 1.807) is 6.92 Å². The first-order valence-corrected chi connectivity index (χ1v) is 6.73. The van der Waals surface area contributed by atoms with Crippen molar-refractivity contribution in [3.8, 4) is 0 Å². The van der Waals surface area contributed by atoms with E-state index >= 15 is 0 Å². The Kier molecular flexibility index (Phi) is 3.06. The van der Waals surface area contributed by atoms with Crippen LogP contribution in [0.4, 0.5) is 10.5 Å². The highest BCUT2D eigenvalue weighted by Gasteiger charge is 2.35. The van der Waals surface area contributed by atoms with Gasteiger partial charge in [-0.25, -0.2) is 4.79 Å². The molecule has 2 unspecified atom stereocenters. The summed E-state index contributed by atoms with van der Waals surface area (Å²) in [5.74, 6) is 0. The van der Waals surface area contributed by atoms with Gasteiger partial charge in [-0.05, 0) is 13.0 Å². The molecule has 19 heavy (non-hydrogen) atoms. The summed E-state index contributed by atoms with van der Waals surface area (Å²) in [4.78, 5) is 15.8. The maximum absolute atomic E-state index is 11.6. The minimum Gasteiger partial charge on any atom is -0.389 e. The predicted molar refractivity (Wildman–Crippen MR) is 73.2 cm³/mol. The number of aliphatic hydroxyl groups is 1. The number of aliphatic hydroxyl groups excluding tert-OH is 1. The number of rotatable bonds is 2. The van der Waals surface area contributed by atoms with Crippen LogP contribution in [0, 0.1) is 0 Å². The summed E-state index contributed by atoms with van der Waals surface area (Å²) in [6, 6.07) is 8.23. The van der Waals surface area contributed by atoms with Gasteiger partial charge < -0.3 is 20.2 Å². The summed E-state index contributed by atoms with van der Waals surface area (Å²) < 4.78 is 0. The number of hydrogen-bond donors (Lipinski definition) is 2. The molecule has 2 aliphatic rings. The SMILES string of the molecule is CC(O)c1ccccc1N1CCN2C(=O)NCC2C1. The minimum atomic E-state index is -0.474. The van der Waals surface area contributed by atoms with Crippen molar-refractivity contribution in [2.45, 2.75) is 19.1 Å². The number of amides is 2. The summed E-state index contributed by atoms with van der Waals surface area (Å²) in [6.45, 7) is 4.88. The van der Waals surface area contributed by atoms with E-state index in [0.29, 0.717) is 6.54 Å². The summed E-state index contributed by atoms with van der Waals surface area (Å²) in [6.07, 6.45) is -0.474. The fourth-order valence-corrected chi connectivity index (χ4v) is 2.95. The number of benzene rings is 1. The van der Waals surface area contributed by atoms with E-state index in [1.807, 2.05) is 29.2 Å². The molecule has 5 nitrogen and oxygen atoms in total. The van der Waals surface area contributed by atoms with Gasteiger partial charge in [0.05, 0.1) is 12.1 Å². The number of hydrogen-bond acceptors (Lipinski definition) is 3. The Morgan fingerprint density at radius 2 is 2.16 bits per heavy atom. The molecule has 0 radical (unpaired) electrons. The van der Waals surface area contributed by atoms with Crippen molar-refractivity contribution in [1.29, 1.82) is 0 Å². The Hall–Kier alpha value is -1.75. The number of nitrogens with one attached hydrogen (secondary N) is 1. The van der Waals surface area contributed by atoms with Gasteiger partial charge in [0.1, 0.15) is 0 Å². The van der Waals surface area contributed by atoms with Gasteiger partial charge in [0.25, 0.3) is 0 Å². The van der Waals surface area contributed by atoms with Crippen LogP contribution in [0.3, 0.4) is 0 Å². The van der Waals surface area contributed by atoms with Crippen LogP contribution in [0.1, 0.15) is 18.6 Å². The third kappa shape index (κ3) is 2.14. The van der Waals surface area contributed by atoms with E-state index in [0.717, 1.165) is 30.9 Å². The highest BCUT2D eigenvalue weighted by atomic mass is 16.3. The fraction of sp³-hybridized carbons (Fsp3) is 0.500. The second-order valence-electron chi connectivity index (χ2n) is 5.21. The lowest BCUT2D eigenvalue weighted by Crippen LogP contribution is -2.52. The number of nitrogens with zero attached hydrogens (tertiary/aromatic N) is 2. The second kappa shape index (κ2) is 4.74. The van der Waals surface area contributed by atoms with E-state index in [1.165, 1.54) is 0 Å². The molecule has 2 fully saturated rings. The zero-order chi connectivity index (χ0) is 13.4. The first-order chi connectivity index (χ1) is 9.16. The molecule has 1 aromatic carbocycles. The van der Waals surface area contributed by atoms with Crippen molar-refractivity contribution in [2.75, 3.05) is 31.1 Å². The molecule has 2 heterocycles.